The Kier molecular flexibility index (Phi) is 5.12. The van der Waals surface area contributed by atoms with Gasteiger partial charge in [0, 0.05) is 25.0 Å². The van der Waals surface area contributed by atoms with Crippen LogP contribution in [0.3, 0.4) is 0 Å². The third kappa shape index (κ3) is 4.40. The normalized spacial score (nSPS) is 19.2. The number of anilines is 1. The number of urea groups is 1. The van der Waals surface area contributed by atoms with Crippen LogP contribution in [0.15, 0.2) is 23.1 Å². The molecule has 1 saturated heterocycles. The molecule has 0 radical (unpaired) electrons. The topological polar surface area (TPSA) is 66.5 Å². The van der Waals surface area contributed by atoms with Crippen molar-refractivity contribution in [3.63, 3.8) is 0 Å². The number of carbonyl (C=O) groups is 1. The van der Waals surface area contributed by atoms with E-state index in [1.165, 1.54) is 12.1 Å². The molecule has 0 bridgehead atoms. The van der Waals surface area contributed by atoms with E-state index in [2.05, 4.69) is 5.32 Å². The van der Waals surface area contributed by atoms with Gasteiger partial charge in [0.25, 0.3) is 0 Å². The number of amides is 2. The van der Waals surface area contributed by atoms with Crippen LogP contribution in [0.25, 0.3) is 0 Å². The number of sulfone groups is 1. The van der Waals surface area contributed by atoms with Crippen LogP contribution in [-0.2, 0) is 9.84 Å². The van der Waals surface area contributed by atoms with Crippen LogP contribution in [0.5, 0.6) is 0 Å². The smallest absolute Gasteiger partial charge is 0.324 e. The summed E-state index contributed by atoms with van der Waals surface area (Å²) in [5.74, 6) is -1.53. The fraction of sp³-hybridized carbons (Fsp3) is 0.533. The fourth-order valence-corrected chi connectivity index (χ4v) is 3.24. The first-order valence-corrected chi connectivity index (χ1v) is 9.31. The summed E-state index contributed by atoms with van der Waals surface area (Å²) in [5.41, 5.74) is 0.900. The Bertz CT molecular complexity index is 732. The molecule has 0 aromatic heterocycles. The molecule has 5 nitrogen and oxygen atoms in total. The van der Waals surface area contributed by atoms with Gasteiger partial charge in [-0.3, -0.25) is 0 Å². The number of carbonyl (C=O) groups excluding carboxylic acids is 1. The highest BCUT2D eigenvalue weighted by Gasteiger charge is 2.42. The minimum Gasteiger partial charge on any atom is -0.324 e. The first kappa shape index (κ1) is 18.6. The van der Waals surface area contributed by atoms with Gasteiger partial charge in [-0.05, 0) is 37.5 Å². The van der Waals surface area contributed by atoms with Gasteiger partial charge in [-0.15, -0.1) is 0 Å². The lowest BCUT2D eigenvalue weighted by molar-refractivity contribution is -0.183. The predicted octanol–water partition coefficient (Wildman–Crippen LogP) is 3.20. The van der Waals surface area contributed by atoms with Crippen molar-refractivity contribution >= 4 is 21.6 Å². The molecule has 0 aliphatic carbocycles. The summed E-state index contributed by atoms with van der Waals surface area (Å²) < 4.78 is 61.7. The maximum Gasteiger partial charge on any atom is 0.393 e. The summed E-state index contributed by atoms with van der Waals surface area (Å²) in [6.07, 6.45) is -3.00. The average molecular weight is 364 g/mol. The quantitative estimate of drug-likeness (QED) is 0.876. The van der Waals surface area contributed by atoms with Gasteiger partial charge in [-0.25, -0.2) is 13.2 Å². The SMILES string of the molecule is Cc1ccc(S(C)(=O)=O)cc1NC(=O)N1CCC[C@H](C(F)(F)F)C1. The molecule has 2 rings (SSSR count). The second-order valence-corrected chi connectivity index (χ2v) is 8.02. The van der Waals surface area contributed by atoms with Crippen molar-refractivity contribution < 1.29 is 26.4 Å². The van der Waals surface area contributed by atoms with Crippen LogP contribution in [0.4, 0.5) is 23.7 Å². The number of nitrogens with one attached hydrogen (secondary N) is 1. The van der Waals surface area contributed by atoms with Crippen LogP contribution in [0.2, 0.25) is 0 Å². The number of aryl methyl sites for hydroxylation is 1. The number of halogens is 3. The van der Waals surface area contributed by atoms with Gasteiger partial charge in [-0.1, -0.05) is 6.07 Å². The van der Waals surface area contributed by atoms with Crippen LogP contribution < -0.4 is 5.32 Å². The second kappa shape index (κ2) is 6.62. The highest BCUT2D eigenvalue weighted by atomic mass is 32.2. The van der Waals surface area contributed by atoms with Crippen LogP contribution in [0.1, 0.15) is 18.4 Å². The predicted molar refractivity (Wildman–Crippen MR) is 83.7 cm³/mol. The Labute approximate surface area is 138 Å². The molecule has 9 heteroatoms. The number of hydrogen-bond acceptors (Lipinski definition) is 3. The van der Waals surface area contributed by atoms with Gasteiger partial charge in [-0.2, -0.15) is 13.2 Å². The van der Waals surface area contributed by atoms with E-state index < -0.39 is 28.0 Å². The molecule has 1 heterocycles. The average Bonchev–Trinajstić information content (AvgIpc) is 2.47. The molecular weight excluding hydrogens is 345 g/mol. The minimum absolute atomic E-state index is 0.00979. The summed E-state index contributed by atoms with van der Waals surface area (Å²) in [7, 11) is -3.44. The lowest BCUT2D eigenvalue weighted by Crippen LogP contribution is -2.46. The van der Waals surface area contributed by atoms with Gasteiger partial charge in [0.1, 0.15) is 0 Å². The van der Waals surface area contributed by atoms with E-state index in [9.17, 15) is 26.4 Å². The molecule has 1 atom stereocenters. The zero-order valence-electron chi connectivity index (χ0n) is 13.4. The largest absolute Gasteiger partial charge is 0.393 e. The van der Waals surface area contributed by atoms with Crippen molar-refractivity contribution in [2.45, 2.75) is 30.8 Å². The molecule has 1 aliphatic heterocycles. The molecule has 0 unspecified atom stereocenters. The van der Waals surface area contributed by atoms with Crippen molar-refractivity contribution in [3.8, 4) is 0 Å². The third-order valence-electron chi connectivity index (χ3n) is 4.05. The van der Waals surface area contributed by atoms with Gasteiger partial charge < -0.3 is 10.2 Å². The lowest BCUT2D eigenvalue weighted by atomic mass is 9.98. The van der Waals surface area contributed by atoms with Crippen molar-refractivity contribution in [1.29, 1.82) is 0 Å². The van der Waals surface area contributed by atoms with E-state index in [1.54, 1.807) is 13.0 Å². The molecule has 1 N–H and O–H groups in total. The Balaban J connectivity index is 2.15. The maximum absolute atomic E-state index is 12.8. The molecule has 2 amide bonds. The van der Waals surface area contributed by atoms with E-state index in [0.29, 0.717) is 5.56 Å². The maximum atomic E-state index is 12.8. The number of nitrogens with zero attached hydrogens (tertiary/aromatic N) is 1. The van der Waals surface area contributed by atoms with Crippen molar-refractivity contribution in [1.82, 2.24) is 4.90 Å². The first-order chi connectivity index (χ1) is 11.0. The summed E-state index contributed by atoms with van der Waals surface area (Å²) in [5, 5.41) is 2.52. The van der Waals surface area contributed by atoms with Crippen molar-refractivity contribution in [3.05, 3.63) is 23.8 Å². The molecule has 0 spiro atoms. The number of likely N-dealkylation sites (tertiary alicyclic amines) is 1. The highest BCUT2D eigenvalue weighted by Crippen LogP contribution is 2.33. The Morgan fingerprint density at radius 3 is 2.58 bits per heavy atom. The number of benzene rings is 1. The first-order valence-electron chi connectivity index (χ1n) is 7.42. The Hall–Kier alpha value is -1.77. The third-order valence-corrected chi connectivity index (χ3v) is 5.16. The monoisotopic (exact) mass is 364 g/mol. The van der Waals surface area contributed by atoms with Crippen LogP contribution in [-0.4, -0.2) is 44.9 Å². The molecule has 0 saturated carbocycles. The number of rotatable bonds is 2. The van der Waals surface area contributed by atoms with E-state index in [1.807, 2.05) is 0 Å². The van der Waals surface area contributed by atoms with Crippen LogP contribution in [0, 0.1) is 12.8 Å². The van der Waals surface area contributed by atoms with E-state index in [0.717, 1.165) is 11.2 Å². The second-order valence-electron chi connectivity index (χ2n) is 6.01. The van der Waals surface area contributed by atoms with Gasteiger partial charge in [0.2, 0.25) is 0 Å². The van der Waals surface area contributed by atoms with Crippen molar-refractivity contribution in [2.24, 2.45) is 5.92 Å². The van der Waals surface area contributed by atoms with E-state index in [-0.39, 0.29) is 36.5 Å². The standard InChI is InChI=1S/C15H19F3N2O3S/c1-10-5-6-12(24(2,22)23)8-13(10)19-14(21)20-7-3-4-11(9-20)15(16,17)18/h5-6,8,11H,3-4,7,9H2,1-2H3,(H,19,21)/t11-/m0/s1. The van der Waals surface area contributed by atoms with E-state index in [4.69, 9.17) is 0 Å². The summed E-state index contributed by atoms with van der Waals surface area (Å²) in [4.78, 5) is 13.4. The number of hydrogen-bond donors (Lipinski definition) is 1. The molecule has 1 fully saturated rings. The van der Waals surface area contributed by atoms with Crippen LogP contribution >= 0.6 is 0 Å². The molecule has 1 aromatic rings. The molecule has 1 aliphatic rings. The zero-order valence-corrected chi connectivity index (χ0v) is 14.2. The Morgan fingerprint density at radius 1 is 1.33 bits per heavy atom. The van der Waals surface area contributed by atoms with Gasteiger partial charge in [0.05, 0.1) is 10.8 Å². The molecular formula is C15H19F3N2O3S. The molecule has 24 heavy (non-hydrogen) atoms. The highest BCUT2D eigenvalue weighted by molar-refractivity contribution is 7.90. The summed E-state index contributed by atoms with van der Waals surface area (Å²) >= 11 is 0. The van der Waals surface area contributed by atoms with Crippen molar-refractivity contribution in [2.75, 3.05) is 24.7 Å². The van der Waals surface area contributed by atoms with Gasteiger partial charge in [0.15, 0.2) is 9.84 Å². The van der Waals surface area contributed by atoms with E-state index >= 15 is 0 Å². The molecule has 1 aromatic carbocycles. The fourth-order valence-electron chi connectivity index (χ4n) is 2.59. The zero-order chi connectivity index (χ0) is 18.1. The summed E-state index contributed by atoms with van der Waals surface area (Å²) in [6.45, 7) is 1.53. The lowest BCUT2D eigenvalue weighted by Gasteiger charge is -2.33. The minimum atomic E-state index is -4.33. The number of piperidine rings is 1. The summed E-state index contributed by atoms with van der Waals surface area (Å²) in [6, 6.07) is 3.62. The number of alkyl halides is 3. The molecule has 134 valence electrons. The van der Waals surface area contributed by atoms with Gasteiger partial charge >= 0.3 is 12.2 Å². The Morgan fingerprint density at radius 2 is 2.00 bits per heavy atom.